The largest absolute Gasteiger partial charge is 0.400 e. The van der Waals surface area contributed by atoms with Crippen molar-refractivity contribution >= 4 is 6.29 Å². The second kappa shape index (κ2) is 9.85. The number of aliphatic hydroxyl groups excluding tert-OH is 1. The fourth-order valence-electron chi connectivity index (χ4n) is 0.721. The summed E-state index contributed by atoms with van der Waals surface area (Å²) in [5.74, 6) is 0. The van der Waals surface area contributed by atoms with E-state index in [1.165, 1.54) is 0 Å². The third-order valence-corrected chi connectivity index (χ3v) is 1.34. The standard InChI is InChI=1S/C9H12O.CH4O/c1-4-8(5-2)9(6-3)7-10;1-2/h4,6-7H,1,3,5H2,2H3;2H,1H3/b9-8-;. The average Bonchev–Trinajstić information content (AvgIpc) is 2.17. The first-order valence-corrected chi connectivity index (χ1v) is 3.68. The molecule has 0 aliphatic rings. The summed E-state index contributed by atoms with van der Waals surface area (Å²) < 4.78 is 0. The minimum Gasteiger partial charge on any atom is -0.400 e. The van der Waals surface area contributed by atoms with Gasteiger partial charge >= 0.3 is 0 Å². The van der Waals surface area contributed by atoms with Crippen molar-refractivity contribution in [1.82, 2.24) is 0 Å². The Morgan fingerprint density at radius 1 is 1.33 bits per heavy atom. The Balaban J connectivity index is 0. The first-order valence-electron chi connectivity index (χ1n) is 3.68. The Hall–Kier alpha value is -1.15. The molecule has 2 nitrogen and oxygen atoms in total. The molecule has 0 saturated carbocycles. The third kappa shape index (κ3) is 4.63. The van der Waals surface area contributed by atoms with Crippen LogP contribution in [0.2, 0.25) is 0 Å². The van der Waals surface area contributed by atoms with Crippen LogP contribution in [0.1, 0.15) is 13.3 Å². The molecule has 0 aliphatic carbocycles. The van der Waals surface area contributed by atoms with Crippen LogP contribution in [0.5, 0.6) is 0 Å². The van der Waals surface area contributed by atoms with Crippen LogP contribution in [-0.4, -0.2) is 18.5 Å². The maximum Gasteiger partial charge on any atom is 0.150 e. The van der Waals surface area contributed by atoms with Gasteiger partial charge in [0.05, 0.1) is 0 Å². The van der Waals surface area contributed by atoms with Crippen molar-refractivity contribution in [2.45, 2.75) is 13.3 Å². The summed E-state index contributed by atoms with van der Waals surface area (Å²) in [5.41, 5.74) is 1.59. The van der Waals surface area contributed by atoms with Gasteiger partial charge in [0.1, 0.15) is 6.29 Å². The molecule has 0 amide bonds. The van der Waals surface area contributed by atoms with E-state index in [2.05, 4.69) is 13.2 Å². The van der Waals surface area contributed by atoms with Crippen molar-refractivity contribution in [2.75, 3.05) is 7.11 Å². The van der Waals surface area contributed by atoms with Gasteiger partial charge in [0, 0.05) is 12.7 Å². The van der Waals surface area contributed by atoms with Crippen molar-refractivity contribution in [3.05, 3.63) is 36.5 Å². The lowest BCUT2D eigenvalue weighted by Crippen LogP contribution is -1.85. The quantitative estimate of drug-likeness (QED) is 0.395. The third-order valence-electron chi connectivity index (χ3n) is 1.34. The molecular weight excluding hydrogens is 152 g/mol. The maximum atomic E-state index is 10.3. The minimum atomic E-state index is 0.637. The van der Waals surface area contributed by atoms with Crippen molar-refractivity contribution in [3.63, 3.8) is 0 Å². The molecule has 0 heterocycles. The summed E-state index contributed by atoms with van der Waals surface area (Å²) >= 11 is 0. The number of carbonyl (C=O) groups excluding carboxylic acids is 1. The molecule has 0 spiro atoms. The van der Waals surface area contributed by atoms with Gasteiger partial charge in [-0.15, -0.1) is 0 Å². The van der Waals surface area contributed by atoms with E-state index in [1.54, 1.807) is 12.2 Å². The van der Waals surface area contributed by atoms with Gasteiger partial charge in [-0.2, -0.15) is 0 Å². The minimum absolute atomic E-state index is 0.637. The zero-order chi connectivity index (χ0) is 9.98. The molecule has 2 heteroatoms. The Bertz CT molecular complexity index is 168. The van der Waals surface area contributed by atoms with Crippen molar-refractivity contribution < 1.29 is 9.90 Å². The van der Waals surface area contributed by atoms with Crippen LogP contribution in [0.25, 0.3) is 0 Å². The Morgan fingerprint density at radius 2 is 1.83 bits per heavy atom. The molecule has 0 fully saturated rings. The number of aldehydes is 1. The van der Waals surface area contributed by atoms with Crippen molar-refractivity contribution in [3.8, 4) is 0 Å². The van der Waals surface area contributed by atoms with Gasteiger partial charge in [-0.1, -0.05) is 32.2 Å². The fraction of sp³-hybridized carbons (Fsp3) is 0.300. The molecule has 0 bridgehead atoms. The average molecular weight is 168 g/mol. The predicted molar refractivity (Wildman–Crippen MR) is 51.9 cm³/mol. The lowest BCUT2D eigenvalue weighted by atomic mass is 10.1. The normalized spacial score (nSPS) is 10.2. The summed E-state index contributed by atoms with van der Waals surface area (Å²) in [6, 6.07) is 0. The van der Waals surface area contributed by atoms with Gasteiger partial charge in [0.15, 0.2) is 0 Å². The molecule has 68 valence electrons. The van der Waals surface area contributed by atoms with Crippen LogP contribution < -0.4 is 0 Å². The second-order valence-corrected chi connectivity index (χ2v) is 1.86. The Labute approximate surface area is 73.9 Å². The van der Waals surface area contributed by atoms with Gasteiger partial charge in [-0.05, 0) is 12.0 Å². The highest BCUT2D eigenvalue weighted by molar-refractivity contribution is 5.79. The lowest BCUT2D eigenvalue weighted by molar-refractivity contribution is -0.104. The first kappa shape index (κ1) is 13.4. The number of hydrogen-bond donors (Lipinski definition) is 1. The van der Waals surface area contributed by atoms with E-state index in [4.69, 9.17) is 5.11 Å². The van der Waals surface area contributed by atoms with Gasteiger partial charge in [-0.3, -0.25) is 4.79 Å². The molecule has 0 atom stereocenters. The van der Waals surface area contributed by atoms with E-state index < -0.39 is 0 Å². The zero-order valence-electron chi connectivity index (χ0n) is 7.71. The highest BCUT2D eigenvalue weighted by Gasteiger charge is 1.94. The summed E-state index contributed by atoms with van der Waals surface area (Å²) in [5, 5.41) is 7.00. The summed E-state index contributed by atoms with van der Waals surface area (Å²) in [4.78, 5) is 10.3. The van der Waals surface area contributed by atoms with E-state index in [0.717, 1.165) is 25.4 Å². The van der Waals surface area contributed by atoms with Crippen LogP contribution in [0.15, 0.2) is 36.5 Å². The number of hydrogen-bond acceptors (Lipinski definition) is 2. The van der Waals surface area contributed by atoms with Gasteiger partial charge in [0.2, 0.25) is 0 Å². The zero-order valence-corrected chi connectivity index (χ0v) is 7.71. The van der Waals surface area contributed by atoms with Crippen molar-refractivity contribution in [1.29, 1.82) is 0 Å². The van der Waals surface area contributed by atoms with Gasteiger partial charge in [0.25, 0.3) is 0 Å². The van der Waals surface area contributed by atoms with Gasteiger partial charge < -0.3 is 5.11 Å². The summed E-state index contributed by atoms with van der Waals surface area (Å²) in [7, 11) is 1.00. The fourth-order valence-corrected chi connectivity index (χ4v) is 0.721. The van der Waals surface area contributed by atoms with Crippen LogP contribution >= 0.6 is 0 Å². The Kier molecular flexibility index (Phi) is 11.0. The first-order chi connectivity index (χ1) is 5.79. The summed E-state index contributed by atoms with van der Waals surface area (Å²) in [6.07, 6.45) is 4.86. The molecule has 0 aliphatic heterocycles. The monoisotopic (exact) mass is 168 g/mol. The van der Waals surface area contributed by atoms with Gasteiger partial charge in [-0.25, -0.2) is 0 Å². The molecule has 0 rings (SSSR count). The van der Waals surface area contributed by atoms with E-state index >= 15 is 0 Å². The SMILES string of the molecule is C=C/C(C=O)=C(\C=C)CC.CO. The highest BCUT2D eigenvalue weighted by atomic mass is 16.2. The van der Waals surface area contributed by atoms with Crippen LogP contribution in [0.3, 0.4) is 0 Å². The molecule has 0 unspecified atom stereocenters. The molecule has 0 radical (unpaired) electrons. The maximum absolute atomic E-state index is 10.3. The Morgan fingerprint density at radius 3 is 1.92 bits per heavy atom. The number of carbonyl (C=O) groups is 1. The van der Waals surface area contributed by atoms with E-state index in [-0.39, 0.29) is 0 Å². The number of allylic oxidation sites excluding steroid dienone is 4. The summed E-state index contributed by atoms with van der Waals surface area (Å²) in [6.45, 7) is 9.07. The highest BCUT2D eigenvalue weighted by Crippen LogP contribution is 2.07. The number of aliphatic hydroxyl groups is 1. The number of rotatable bonds is 4. The smallest absolute Gasteiger partial charge is 0.150 e. The van der Waals surface area contributed by atoms with E-state index in [9.17, 15) is 4.79 Å². The molecule has 0 aromatic carbocycles. The topological polar surface area (TPSA) is 37.3 Å². The molecule has 0 saturated heterocycles. The molecule has 12 heavy (non-hydrogen) atoms. The van der Waals surface area contributed by atoms with E-state index in [0.29, 0.717) is 5.57 Å². The molecular formula is C10H16O2. The van der Waals surface area contributed by atoms with E-state index in [1.807, 2.05) is 6.92 Å². The van der Waals surface area contributed by atoms with Crippen LogP contribution in [0.4, 0.5) is 0 Å². The second-order valence-electron chi connectivity index (χ2n) is 1.86. The molecule has 1 N–H and O–H groups in total. The molecule has 0 aromatic heterocycles. The predicted octanol–water partition coefficient (Wildman–Crippen LogP) is 1.87. The van der Waals surface area contributed by atoms with Crippen LogP contribution in [0, 0.1) is 0 Å². The van der Waals surface area contributed by atoms with Crippen molar-refractivity contribution in [2.24, 2.45) is 0 Å². The molecule has 0 aromatic rings. The lowest BCUT2D eigenvalue weighted by Gasteiger charge is -1.97. The van der Waals surface area contributed by atoms with Crippen LogP contribution in [-0.2, 0) is 4.79 Å².